The number of halogens is 1. The Bertz CT molecular complexity index is 421. The van der Waals surface area contributed by atoms with E-state index in [0.717, 1.165) is 12.6 Å². The van der Waals surface area contributed by atoms with Gasteiger partial charge in [-0.3, -0.25) is 0 Å². The lowest BCUT2D eigenvalue weighted by molar-refractivity contribution is 0.153. The van der Waals surface area contributed by atoms with Crippen LogP contribution in [-0.2, 0) is 0 Å². The summed E-state index contributed by atoms with van der Waals surface area (Å²) < 4.78 is 1.23. The predicted octanol–water partition coefficient (Wildman–Crippen LogP) is 4.75. The lowest BCUT2D eigenvalue weighted by Gasteiger charge is -2.34. The second-order valence-corrected chi connectivity index (χ2v) is 7.05. The van der Waals surface area contributed by atoms with E-state index in [1.54, 1.807) is 0 Å². The zero-order valence-electron chi connectivity index (χ0n) is 13.4. The summed E-state index contributed by atoms with van der Waals surface area (Å²) in [7, 11) is 0. The van der Waals surface area contributed by atoms with Gasteiger partial charge in [-0.15, -0.1) is 0 Å². The molecule has 1 saturated heterocycles. The van der Waals surface area contributed by atoms with Crippen LogP contribution in [0.5, 0.6) is 0 Å². The van der Waals surface area contributed by atoms with Crippen LogP contribution in [0.1, 0.15) is 57.6 Å². The van der Waals surface area contributed by atoms with Crippen molar-refractivity contribution in [2.75, 3.05) is 19.6 Å². The Kier molecular flexibility index (Phi) is 7.21. The smallest absolute Gasteiger partial charge is 0.0343 e. The van der Waals surface area contributed by atoms with Crippen molar-refractivity contribution in [2.24, 2.45) is 0 Å². The van der Waals surface area contributed by atoms with E-state index in [4.69, 9.17) is 0 Å². The van der Waals surface area contributed by atoms with Crippen LogP contribution in [0.25, 0.3) is 0 Å². The van der Waals surface area contributed by atoms with Gasteiger partial charge in [0.05, 0.1) is 0 Å². The van der Waals surface area contributed by atoms with Crippen molar-refractivity contribution < 1.29 is 0 Å². The van der Waals surface area contributed by atoms with Crippen LogP contribution < -0.4 is 5.32 Å². The van der Waals surface area contributed by atoms with Crippen LogP contribution in [0.3, 0.4) is 0 Å². The molecule has 2 atom stereocenters. The van der Waals surface area contributed by atoms with E-state index >= 15 is 0 Å². The van der Waals surface area contributed by atoms with Gasteiger partial charge in [0.25, 0.3) is 0 Å². The molecule has 2 unspecified atom stereocenters. The van der Waals surface area contributed by atoms with Crippen molar-refractivity contribution in [3.05, 3.63) is 34.3 Å². The quantitative estimate of drug-likeness (QED) is 0.761. The van der Waals surface area contributed by atoms with Gasteiger partial charge in [-0.2, -0.15) is 0 Å². The maximum atomic E-state index is 3.72. The van der Waals surface area contributed by atoms with Gasteiger partial charge in [0.1, 0.15) is 0 Å². The number of nitrogens with one attached hydrogen (secondary N) is 1. The number of nitrogens with zero attached hydrogens (tertiary/aromatic N) is 1. The SMILES string of the molecule is CCCNC(CCN1CCCCC1C)c1ccccc1Br. The monoisotopic (exact) mass is 352 g/mol. The first-order valence-corrected chi connectivity index (χ1v) is 9.23. The third kappa shape index (κ3) is 5.08. The number of piperidine rings is 1. The highest BCUT2D eigenvalue weighted by Crippen LogP contribution is 2.27. The Morgan fingerprint density at radius 3 is 2.86 bits per heavy atom. The Hall–Kier alpha value is -0.380. The maximum absolute atomic E-state index is 3.72. The molecule has 1 aliphatic rings. The molecule has 1 N–H and O–H groups in total. The summed E-state index contributed by atoms with van der Waals surface area (Å²) in [6, 6.07) is 9.84. The van der Waals surface area contributed by atoms with Crippen LogP contribution in [-0.4, -0.2) is 30.6 Å². The van der Waals surface area contributed by atoms with Crippen molar-refractivity contribution in [3.63, 3.8) is 0 Å². The number of hydrogen-bond donors (Lipinski definition) is 1. The fourth-order valence-corrected chi connectivity index (χ4v) is 3.79. The van der Waals surface area contributed by atoms with Crippen LogP contribution in [0.4, 0.5) is 0 Å². The Labute approximate surface area is 138 Å². The molecule has 0 aliphatic carbocycles. The van der Waals surface area contributed by atoms with Crippen molar-refractivity contribution >= 4 is 15.9 Å². The van der Waals surface area contributed by atoms with Crippen LogP contribution in [0, 0.1) is 0 Å². The van der Waals surface area contributed by atoms with Gasteiger partial charge in [0, 0.05) is 23.1 Å². The Morgan fingerprint density at radius 2 is 2.14 bits per heavy atom. The van der Waals surface area contributed by atoms with Crippen LogP contribution >= 0.6 is 15.9 Å². The molecule has 0 saturated carbocycles. The van der Waals surface area contributed by atoms with E-state index in [1.807, 2.05) is 0 Å². The van der Waals surface area contributed by atoms with E-state index in [1.165, 1.54) is 55.2 Å². The lowest BCUT2D eigenvalue weighted by Crippen LogP contribution is -2.39. The number of likely N-dealkylation sites (tertiary alicyclic amines) is 1. The number of hydrogen-bond acceptors (Lipinski definition) is 2. The maximum Gasteiger partial charge on any atom is 0.0343 e. The van der Waals surface area contributed by atoms with Crippen molar-refractivity contribution in [3.8, 4) is 0 Å². The van der Waals surface area contributed by atoms with Crippen molar-refractivity contribution in [1.29, 1.82) is 0 Å². The molecule has 3 heteroatoms. The molecular formula is C18H29BrN2. The summed E-state index contributed by atoms with van der Waals surface area (Å²) >= 11 is 3.71. The van der Waals surface area contributed by atoms with Gasteiger partial charge in [0.2, 0.25) is 0 Å². The second kappa shape index (κ2) is 8.92. The molecule has 0 amide bonds. The van der Waals surface area contributed by atoms with E-state index < -0.39 is 0 Å². The minimum Gasteiger partial charge on any atom is -0.310 e. The Morgan fingerprint density at radius 1 is 1.33 bits per heavy atom. The third-order valence-corrected chi connectivity index (χ3v) is 5.29. The third-order valence-electron chi connectivity index (χ3n) is 4.57. The molecule has 118 valence electrons. The van der Waals surface area contributed by atoms with Gasteiger partial charge in [0.15, 0.2) is 0 Å². The van der Waals surface area contributed by atoms with E-state index in [-0.39, 0.29) is 0 Å². The molecule has 1 aromatic rings. The molecule has 0 aromatic heterocycles. The summed E-state index contributed by atoms with van der Waals surface area (Å²) in [5, 5.41) is 3.72. The molecule has 1 heterocycles. The van der Waals surface area contributed by atoms with Gasteiger partial charge in [-0.1, -0.05) is 47.5 Å². The normalized spacial score (nSPS) is 21.4. The molecular weight excluding hydrogens is 324 g/mol. The van der Waals surface area contributed by atoms with Crippen LogP contribution in [0.15, 0.2) is 28.7 Å². The minimum atomic E-state index is 0.453. The molecule has 0 bridgehead atoms. The average Bonchev–Trinajstić information content (AvgIpc) is 2.50. The number of benzene rings is 1. The summed E-state index contributed by atoms with van der Waals surface area (Å²) in [6.07, 6.45) is 6.50. The van der Waals surface area contributed by atoms with E-state index in [2.05, 4.69) is 64.3 Å². The molecule has 21 heavy (non-hydrogen) atoms. The highest BCUT2D eigenvalue weighted by atomic mass is 79.9. The highest BCUT2D eigenvalue weighted by molar-refractivity contribution is 9.10. The molecule has 2 nitrogen and oxygen atoms in total. The first kappa shape index (κ1) is 17.0. The zero-order valence-corrected chi connectivity index (χ0v) is 15.0. The highest BCUT2D eigenvalue weighted by Gasteiger charge is 2.20. The summed E-state index contributed by atoms with van der Waals surface area (Å²) in [5.74, 6) is 0. The summed E-state index contributed by atoms with van der Waals surface area (Å²) in [4.78, 5) is 2.67. The molecule has 1 aliphatic heterocycles. The molecule has 1 fully saturated rings. The van der Waals surface area contributed by atoms with Crippen molar-refractivity contribution in [1.82, 2.24) is 10.2 Å². The van der Waals surface area contributed by atoms with Gasteiger partial charge < -0.3 is 10.2 Å². The lowest BCUT2D eigenvalue weighted by atomic mass is 10.00. The fraction of sp³-hybridized carbons (Fsp3) is 0.667. The van der Waals surface area contributed by atoms with Crippen molar-refractivity contribution in [2.45, 2.75) is 58.0 Å². The van der Waals surface area contributed by atoms with Crippen LogP contribution in [0.2, 0.25) is 0 Å². The largest absolute Gasteiger partial charge is 0.310 e. The molecule has 0 spiro atoms. The standard InChI is InChI=1S/C18H29BrN2/c1-3-12-20-18(16-9-4-5-10-17(16)19)11-14-21-13-7-6-8-15(21)2/h4-5,9-10,15,18,20H,3,6-8,11-14H2,1-2H3. The summed E-state index contributed by atoms with van der Waals surface area (Å²) in [5.41, 5.74) is 1.40. The first-order chi connectivity index (χ1) is 10.2. The molecule has 1 aromatic carbocycles. The minimum absolute atomic E-state index is 0.453. The number of rotatable bonds is 7. The zero-order chi connectivity index (χ0) is 15.1. The second-order valence-electron chi connectivity index (χ2n) is 6.20. The predicted molar refractivity (Wildman–Crippen MR) is 94.7 cm³/mol. The molecule has 2 rings (SSSR count). The average molecular weight is 353 g/mol. The van der Waals surface area contributed by atoms with Gasteiger partial charge in [-0.25, -0.2) is 0 Å². The van der Waals surface area contributed by atoms with Gasteiger partial charge >= 0.3 is 0 Å². The fourth-order valence-electron chi connectivity index (χ4n) is 3.23. The Balaban J connectivity index is 1.97. The van der Waals surface area contributed by atoms with E-state index in [0.29, 0.717) is 6.04 Å². The first-order valence-electron chi connectivity index (χ1n) is 8.44. The summed E-state index contributed by atoms with van der Waals surface area (Å²) in [6.45, 7) is 8.17. The van der Waals surface area contributed by atoms with E-state index in [9.17, 15) is 0 Å². The molecule has 0 radical (unpaired) electrons. The topological polar surface area (TPSA) is 15.3 Å². The van der Waals surface area contributed by atoms with Gasteiger partial charge in [-0.05, 0) is 57.3 Å².